The highest BCUT2D eigenvalue weighted by atomic mass is 13.6. The van der Waals surface area contributed by atoms with Crippen LogP contribution in [0.5, 0.6) is 0 Å². The third-order valence-corrected chi connectivity index (χ3v) is 2.00. The second-order valence-electron chi connectivity index (χ2n) is 4.00. The lowest BCUT2D eigenvalue weighted by Crippen LogP contribution is -1.47. The van der Waals surface area contributed by atoms with Crippen LogP contribution in [0.4, 0.5) is 0 Å². The van der Waals surface area contributed by atoms with Gasteiger partial charge in [0.15, 0.2) is 0 Å². The van der Waals surface area contributed by atoms with E-state index in [4.69, 9.17) is 0 Å². The zero-order valence-electron chi connectivity index (χ0n) is 13.7. The first-order valence-electron chi connectivity index (χ1n) is 7.66. The average Bonchev–Trinajstić information content (AvgIpc) is 2.39. The van der Waals surface area contributed by atoms with Gasteiger partial charge >= 0.3 is 0 Å². The summed E-state index contributed by atoms with van der Waals surface area (Å²) >= 11 is 0. The van der Waals surface area contributed by atoms with E-state index >= 15 is 0 Å². The van der Waals surface area contributed by atoms with Gasteiger partial charge < -0.3 is 0 Å². The summed E-state index contributed by atoms with van der Waals surface area (Å²) in [6.45, 7) is 17.4. The summed E-state index contributed by atoms with van der Waals surface area (Å²) in [6, 6.07) is 0. The van der Waals surface area contributed by atoms with Gasteiger partial charge in [-0.3, -0.25) is 0 Å². The van der Waals surface area contributed by atoms with Crippen molar-refractivity contribution in [1.29, 1.82) is 0 Å². The van der Waals surface area contributed by atoms with Gasteiger partial charge in [-0.2, -0.15) is 0 Å². The predicted octanol–water partition coefficient (Wildman–Crippen LogP) is 9.77. The fraction of sp³-hybridized carbons (Fsp3) is 1.00. The summed E-state index contributed by atoms with van der Waals surface area (Å²) in [7, 11) is 0. The predicted molar refractivity (Wildman–Crippen MR) is 109 cm³/mol. The Hall–Kier alpha value is 0. The fourth-order valence-corrected chi connectivity index (χ4v) is 0. The van der Waals surface area contributed by atoms with Crippen LogP contribution < -0.4 is 0 Å². The largest absolute Gasteiger partial charge is 0.0776 e. The Labute approximate surface area is 137 Å². The zero-order valence-corrected chi connectivity index (χ0v) is 13.7. The van der Waals surface area contributed by atoms with E-state index in [9.17, 15) is 0 Å². The van der Waals surface area contributed by atoms with Crippen LogP contribution in [0.15, 0.2) is 0 Å². The molecule has 0 fully saturated rings. The fourth-order valence-electron chi connectivity index (χ4n) is 0. The summed E-state index contributed by atoms with van der Waals surface area (Å²) in [5.74, 6) is 0. The first-order valence-corrected chi connectivity index (χ1v) is 7.66. The standard InChI is InChI=1S/4C4H10.4CH4/c4*1-3-4-2;;;;/h4*3-4H2,1-2H3;4*1H4. The minimum absolute atomic E-state index is 0. The monoisotopic (exact) mass is 296 g/mol. The topological polar surface area (TPSA) is 0 Å². The lowest BCUT2D eigenvalue weighted by Gasteiger charge is -1.68. The van der Waals surface area contributed by atoms with Gasteiger partial charge in [0, 0.05) is 0 Å². The highest BCUT2D eigenvalue weighted by molar-refractivity contribution is 4.13. The molecule has 0 aliphatic carbocycles. The molecule has 0 aromatic carbocycles. The summed E-state index contributed by atoms with van der Waals surface area (Å²) in [5.41, 5.74) is 0. The van der Waals surface area contributed by atoms with Gasteiger partial charge in [-0.25, -0.2) is 0 Å². The van der Waals surface area contributed by atoms with Crippen LogP contribution >= 0.6 is 0 Å². The number of hydrogen-bond donors (Lipinski definition) is 0. The van der Waals surface area contributed by atoms with E-state index in [2.05, 4.69) is 55.4 Å². The van der Waals surface area contributed by atoms with Crippen molar-refractivity contribution in [3.05, 3.63) is 0 Å². The van der Waals surface area contributed by atoms with Gasteiger partial charge in [-0.05, 0) is 0 Å². The molecule has 0 unspecified atom stereocenters. The van der Waals surface area contributed by atoms with Gasteiger partial charge in [0.25, 0.3) is 0 Å². The van der Waals surface area contributed by atoms with Crippen molar-refractivity contribution in [2.24, 2.45) is 0 Å². The zero-order chi connectivity index (χ0) is 13.7. The maximum absolute atomic E-state index is 2.18. The average molecular weight is 297 g/mol. The SMILES string of the molecule is C.C.C.C.CCCC.CCCC.CCCC.CCCC. The summed E-state index contributed by atoms with van der Waals surface area (Å²) in [5, 5.41) is 0. The number of unbranched alkanes of at least 4 members (excludes halogenated alkanes) is 4. The van der Waals surface area contributed by atoms with E-state index < -0.39 is 0 Å². The Balaban J connectivity index is -0.0000000150. The highest BCUT2D eigenvalue weighted by Crippen LogP contribution is 1.77. The first-order chi connectivity index (χ1) is 7.66. The van der Waals surface area contributed by atoms with Crippen LogP contribution in [0.25, 0.3) is 0 Å². The normalized spacial score (nSPS) is 6.00. The quantitative estimate of drug-likeness (QED) is 0.484. The van der Waals surface area contributed by atoms with E-state index in [0.29, 0.717) is 0 Å². The summed E-state index contributed by atoms with van der Waals surface area (Å²) in [4.78, 5) is 0. The molecule has 0 rings (SSSR count). The summed E-state index contributed by atoms with van der Waals surface area (Å²) < 4.78 is 0. The molecule has 0 aromatic heterocycles. The van der Waals surface area contributed by atoms with Gasteiger partial charge in [-0.15, -0.1) is 0 Å². The molecule has 0 radical (unpaired) electrons. The molecular weight excluding hydrogens is 240 g/mol. The molecule has 0 atom stereocenters. The van der Waals surface area contributed by atoms with Gasteiger partial charge in [0.2, 0.25) is 0 Å². The van der Waals surface area contributed by atoms with E-state index in [0.717, 1.165) is 0 Å². The molecule has 0 N–H and O–H groups in total. The van der Waals surface area contributed by atoms with E-state index in [-0.39, 0.29) is 29.7 Å². The highest BCUT2D eigenvalue weighted by Gasteiger charge is 1.57. The second kappa shape index (κ2) is 96.2. The number of hydrogen-bond acceptors (Lipinski definition) is 0. The van der Waals surface area contributed by atoms with Crippen molar-refractivity contribution in [3.63, 3.8) is 0 Å². The molecule has 0 heteroatoms. The molecule has 0 saturated carbocycles. The van der Waals surface area contributed by atoms with Crippen LogP contribution in [0.3, 0.4) is 0 Å². The molecule has 0 aliphatic heterocycles. The Morgan fingerprint density at radius 1 is 0.250 bits per heavy atom. The lowest BCUT2D eigenvalue weighted by atomic mass is 10.4. The molecule has 0 aliphatic rings. The number of rotatable bonds is 4. The van der Waals surface area contributed by atoms with Crippen LogP contribution in [0, 0.1) is 0 Å². The Morgan fingerprint density at radius 2 is 0.300 bits per heavy atom. The molecule has 20 heavy (non-hydrogen) atoms. The van der Waals surface area contributed by atoms with E-state index in [1.54, 1.807) is 0 Å². The van der Waals surface area contributed by atoms with Crippen molar-refractivity contribution in [2.45, 2.75) is 136 Å². The van der Waals surface area contributed by atoms with Gasteiger partial charge in [0.05, 0.1) is 0 Å². The van der Waals surface area contributed by atoms with Crippen molar-refractivity contribution < 1.29 is 0 Å². The van der Waals surface area contributed by atoms with Gasteiger partial charge in [-0.1, -0.05) is 136 Å². The lowest BCUT2D eigenvalue weighted by molar-refractivity contribution is 0.886. The third kappa shape index (κ3) is 325. The molecule has 136 valence electrons. The van der Waals surface area contributed by atoms with E-state index in [1.165, 1.54) is 51.4 Å². The van der Waals surface area contributed by atoms with Crippen LogP contribution in [0.2, 0.25) is 0 Å². The molecular formula is C20H56. The molecule has 0 amide bonds. The summed E-state index contributed by atoms with van der Waals surface area (Å²) in [6.07, 6.45) is 10.6. The molecule has 0 aromatic rings. The molecule has 0 spiro atoms. The molecule has 0 heterocycles. The maximum atomic E-state index is 2.18. The van der Waals surface area contributed by atoms with Crippen LogP contribution in [-0.4, -0.2) is 0 Å². The van der Waals surface area contributed by atoms with Crippen LogP contribution in [-0.2, 0) is 0 Å². The van der Waals surface area contributed by atoms with Crippen molar-refractivity contribution >= 4 is 0 Å². The molecule has 0 saturated heterocycles. The van der Waals surface area contributed by atoms with Crippen molar-refractivity contribution in [2.75, 3.05) is 0 Å². The third-order valence-electron chi connectivity index (χ3n) is 2.00. The molecule has 0 nitrogen and oxygen atoms in total. The Kier molecular flexibility index (Phi) is 241. The minimum Gasteiger partial charge on any atom is -0.0776 e. The van der Waals surface area contributed by atoms with Crippen molar-refractivity contribution in [1.82, 2.24) is 0 Å². The van der Waals surface area contributed by atoms with Crippen molar-refractivity contribution in [3.8, 4) is 0 Å². The first kappa shape index (κ1) is 50.1. The second-order valence-corrected chi connectivity index (χ2v) is 4.00. The van der Waals surface area contributed by atoms with Crippen LogP contribution in [0.1, 0.15) is 136 Å². The maximum Gasteiger partial charge on any atom is -0.0564 e. The van der Waals surface area contributed by atoms with E-state index in [1.807, 2.05) is 0 Å². The van der Waals surface area contributed by atoms with Gasteiger partial charge in [0.1, 0.15) is 0 Å². The minimum atomic E-state index is 0. The smallest absolute Gasteiger partial charge is 0.0564 e. The Bertz CT molecular complexity index is 24.0. The Morgan fingerprint density at radius 3 is 0.300 bits per heavy atom. The molecule has 0 bridgehead atoms.